The van der Waals surface area contributed by atoms with Crippen LogP contribution in [0.1, 0.15) is 18.4 Å². The lowest BCUT2D eigenvalue weighted by atomic mass is 10.1. The van der Waals surface area contributed by atoms with Crippen LogP contribution in [0.15, 0.2) is 65.6 Å². The molecule has 1 saturated heterocycles. The fourth-order valence-corrected chi connectivity index (χ4v) is 3.73. The summed E-state index contributed by atoms with van der Waals surface area (Å²) in [6.07, 6.45) is 3.26. The Morgan fingerprint density at radius 2 is 1.76 bits per heavy atom. The number of piperidine rings is 1. The van der Waals surface area contributed by atoms with Gasteiger partial charge in [0.15, 0.2) is 0 Å². The average molecular weight is 414 g/mol. The zero-order chi connectivity index (χ0) is 20.2. The monoisotopic (exact) mass is 413 g/mol. The van der Waals surface area contributed by atoms with E-state index in [0.29, 0.717) is 31.1 Å². The first kappa shape index (κ1) is 19.5. The van der Waals surface area contributed by atoms with Crippen molar-refractivity contribution in [3.8, 4) is 5.75 Å². The first-order chi connectivity index (χ1) is 14.1. The quantitative estimate of drug-likeness (QED) is 0.631. The molecule has 0 atom stereocenters. The van der Waals surface area contributed by atoms with E-state index < -0.39 is 0 Å². The molecule has 0 spiro atoms. The Balaban J connectivity index is 1.41. The fraction of sp³-hybridized carbons (Fsp3) is 0.273. The Bertz CT molecular complexity index is 1020. The molecule has 0 N–H and O–H groups in total. The molecule has 1 aliphatic rings. The van der Waals surface area contributed by atoms with E-state index in [2.05, 4.69) is 10.00 Å². The topological polar surface area (TPSA) is 47.4 Å². The Morgan fingerprint density at radius 3 is 2.45 bits per heavy atom. The smallest absolute Gasteiger partial charge is 0.287 e. The molecule has 4 rings (SSSR count). The minimum absolute atomic E-state index is 0.0434. The van der Waals surface area contributed by atoms with Crippen LogP contribution in [0.5, 0.6) is 5.75 Å². The van der Waals surface area contributed by atoms with E-state index in [1.165, 1.54) is 16.8 Å². The average Bonchev–Trinajstić information content (AvgIpc) is 2.75. The molecule has 0 aliphatic carbocycles. The Morgan fingerprint density at radius 1 is 1.07 bits per heavy atom. The van der Waals surface area contributed by atoms with Crippen LogP contribution in [0.25, 0.3) is 0 Å². The largest absolute Gasteiger partial charge is 0.490 e. The van der Waals surface area contributed by atoms with Crippen molar-refractivity contribution in [2.75, 3.05) is 18.0 Å². The molecule has 0 radical (unpaired) electrons. The maximum atomic E-state index is 13.0. The van der Waals surface area contributed by atoms with Gasteiger partial charge in [-0.1, -0.05) is 41.9 Å². The van der Waals surface area contributed by atoms with Crippen molar-refractivity contribution >= 4 is 17.3 Å². The number of nitrogens with zero attached hydrogens (tertiary/aromatic N) is 3. The third-order valence-corrected chi connectivity index (χ3v) is 5.40. The number of benzene rings is 2. The van der Waals surface area contributed by atoms with Gasteiger partial charge >= 0.3 is 0 Å². The minimum atomic E-state index is -0.294. The second-order valence-corrected chi connectivity index (χ2v) is 7.43. The summed E-state index contributed by atoms with van der Waals surface area (Å²) in [5.41, 5.74) is 1.35. The molecule has 0 unspecified atom stereocenters. The van der Waals surface area contributed by atoms with E-state index in [1.54, 1.807) is 18.3 Å². The van der Waals surface area contributed by atoms with Gasteiger partial charge in [0, 0.05) is 25.9 Å². The molecule has 5 nitrogen and oxygen atoms in total. The Kier molecular flexibility index (Phi) is 5.81. The highest BCUT2D eigenvalue weighted by molar-refractivity contribution is 6.33. The first-order valence-corrected chi connectivity index (χ1v) is 9.94. The number of aromatic nitrogens is 2. The molecule has 2 heterocycles. The van der Waals surface area contributed by atoms with E-state index in [4.69, 9.17) is 16.3 Å². The van der Waals surface area contributed by atoms with Crippen LogP contribution in [0.4, 0.5) is 10.1 Å². The van der Waals surface area contributed by atoms with Crippen LogP contribution in [0.2, 0.25) is 5.02 Å². The summed E-state index contributed by atoms with van der Waals surface area (Å²) in [4.78, 5) is 14.7. The standard InChI is InChI=1S/C22H21ClFN3O2/c23-21-20(14-25-27(22(21)28)15-16-4-2-1-3-5-16)26-12-10-19(11-13-26)29-18-8-6-17(24)7-9-18/h1-9,14,19H,10-13,15H2. The minimum Gasteiger partial charge on any atom is -0.490 e. The SMILES string of the molecule is O=c1c(Cl)c(N2CCC(Oc3ccc(F)cc3)CC2)cnn1Cc1ccccc1. The number of hydrogen-bond acceptors (Lipinski definition) is 4. The van der Waals surface area contributed by atoms with E-state index in [1.807, 2.05) is 30.3 Å². The number of anilines is 1. The molecule has 1 aromatic heterocycles. The second kappa shape index (κ2) is 8.66. The fourth-order valence-electron chi connectivity index (χ4n) is 3.47. The highest BCUT2D eigenvalue weighted by Crippen LogP contribution is 2.26. The lowest BCUT2D eigenvalue weighted by Crippen LogP contribution is -2.39. The summed E-state index contributed by atoms with van der Waals surface area (Å²) < 4.78 is 20.3. The van der Waals surface area contributed by atoms with Gasteiger partial charge in [0.2, 0.25) is 0 Å². The number of hydrogen-bond donors (Lipinski definition) is 0. The van der Waals surface area contributed by atoms with E-state index >= 15 is 0 Å². The number of ether oxygens (including phenoxy) is 1. The predicted octanol–water partition coefficient (Wildman–Crippen LogP) is 4.13. The van der Waals surface area contributed by atoms with Gasteiger partial charge in [-0.3, -0.25) is 4.79 Å². The zero-order valence-corrected chi connectivity index (χ0v) is 16.6. The van der Waals surface area contributed by atoms with Crippen LogP contribution in [-0.4, -0.2) is 29.0 Å². The molecule has 3 aromatic rings. The lowest BCUT2D eigenvalue weighted by Gasteiger charge is -2.33. The van der Waals surface area contributed by atoms with Gasteiger partial charge in [-0.25, -0.2) is 9.07 Å². The van der Waals surface area contributed by atoms with Crippen molar-refractivity contribution in [2.45, 2.75) is 25.5 Å². The van der Waals surface area contributed by atoms with Crippen molar-refractivity contribution in [2.24, 2.45) is 0 Å². The van der Waals surface area contributed by atoms with Crippen molar-refractivity contribution in [3.63, 3.8) is 0 Å². The van der Waals surface area contributed by atoms with Gasteiger partial charge in [-0.05, 0) is 29.8 Å². The normalized spacial score (nSPS) is 14.8. The van der Waals surface area contributed by atoms with Crippen LogP contribution in [-0.2, 0) is 6.54 Å². The van der Waals surface area contributed by atoms with Crippen LogP contribution >= 0.6 is 11.6 Å². The van der Waals surface area contributed by atoms with Crippen molar-refractivity contribution in [1.29, 1.82) is 0 Å². The molecule has 1 fully saturated rings. The molecular weight excluding hydrogens is 393 g/mol. The Hall–Kier alpha value is -2.86. The van der Waals surface area contributed by atoms with Gasteiger partial charge in [-0.2, -0.15) is 5.10 Å². The van der Waals surface area contributed by atoms with Gasteiger partial charge in [0.25, 0.3) is 5.56 Å². The van der Waals surface area contributed by atoms with Gasteiger partial charge in [0.1, 0.15) is 22.7 Å². The maximum absolute atomic E-state index is 13.0. The summed E-state index contributed by atoms with van der Waals surface area (Å²) >= 11 is 6.40. The molecule has 0 amide bonds. The van der Waals surface area contributed by atoms with Crippen LogP contribution in [0, 0.1) is 5.82 Å². The second-order valence-electron chi connectivity index (χ2n) is 7.05. The summed E-state index contributed by atoms with van der Waals surface area (Å²) in [7, 11) is 0. The molecule has 2 aromatic carbocycles. The number of halogens is 2. The summed E-state index contributed by atoms with van der Waals surface area (Å²) in [5, 5.41) is 4.50. The van der Waals surface area contributed by atoms with E-state index in [-0.39, 0.29) is 22.5 Å². The van der Waals surface area contributed by atoms with Crippen LogP contribution < -0.4 is 15.2 Å². The highest BCUT2D eigenvalue weighted by Gasteiger charge is 2.24. The van der Waals surface area contributed by atoms with Gasteiger partial charge in [0.05, 0.1) is 18.4 Å². The molecule has 1 aliphatic heterocycles. The number of rotatable bonds is 5. The van der Waals surface area contributed by atoms with Crippen molar-refractivity contribution in [3.05, 3.63) is 87.6 Å². The van der Waals surface area contributed by atoms with Crippen LogP contribution in [0.3, 0.4) is 0 Å². The molecule has 0 bridgehead atoms. The van der Waals surface area contributed by atoms with Crippen molar-refractivity contribution in [1.82, 2.24) is 9.78 Å². The van der Waals surface area contributed by atoms with Crippen molar-refractivity contribution < 1.29 is 9.13 Å². The molecule has 7 heteroatoms. The van der Waals surface area contributed by atoms with Gasteiger partial charge < -0.3 is 9.64 Å². The van der Waals surface area contributed by atoms with Gasteiger partial charge in [-0.15, -0.1) is 0 Å². The molecule has 0 saturated carbocycles. The third-order valence-electron chi connectivity index (χ3n) is 5.04. The maximum Gasteiger partial charge on any atom is 0.287 e. The predicted molar refractivity (Wildman–Crippen MR) is 111 cm³/mol. The third kappa shape index (κ3) is 4.59. The Labute approximate surface area is 173 Å². The molecular formula is C22H21ClFN3O2. The molecule has 150 valence electrons. The molecule has 29 heavy (non-hydrogen) atoms. The summed E-state index contributed by atoms with van der Waals surface area (Å²) in [6.45, 7) is 1.79. The first-order valence-electron chi connectivity index (χ1n) is 9.57. The zero-order valence-electron chi connectivity index (χ0n) is 15.8. The van der Waals surface area contributed by atoms with E-state index in [9.17, 15) is 9.18 Å². The summed E-state index contributed by atoms with van der Waals surface area (Å²) in [5.74, 6) is 0.379. The van der Waals surface area contributed by atoms with E-state index in [0.717, 1.165) is 18.4 Å². The highest BCUT2D eigenvalue weighted by atomic mass is 35.5. The summed E-state index contributed by atoms with van der Waals surface area (Å²) in [6, 6.07) is 15.7. The lowest BCUT2D eigenvalue weighted by molar-refractivity contribution is 0.170.